The molecule has 0 aliphatic heterocycles. The highest BCUT2D eigenvalue weighted by atomic mass is 32.2. The van der Waals surface area contributed by atoms with Gasteiger partial charge in [0.05, 0.1) is 11.4 Å². The van der Waals surface area contributed by atoms with Gasteiger partial charge in [-0.3, -0.25) is 9.69 Å². The fourth-order valence-corrected chi connectivity index (χ4v) is 4.34. The predicted molar refractivity (Wildman–Crippen MR) is 97.2 cm³/mol. The van der Waals surface area contributed by atoms with Crippen LogP contribution in [0.1, 0.15) is 46.1 Å². The molecule has 1 saturated carbocycles. The number of aliphatic carboxylic acids is 1. The molecule has 1 fully saturated rings. The van der Waals surface area contributed by atoms with Crippen LogP contribution < -0.4 is 4.72 Å². The Kier molecular flexibility index (Phi) is 5.91. The molecule has 6 nitrogen and oxygen atoms in total. The number of nitrogens with one attached hydrogen (secondary N) is 1. The van der Waals surface area contributed by atoms with E-state index in [1.165, 1.54) is 0 Å². The number of benzene rings is 1. The van der Waals surface area contributed by atoms with Crippen molar-refractivity contribution < 1.29 is 18.3 Å². The summed E-state index contributed by atoms with van der Waals surface area (Å²) in [5.74, 6) is -0.857. The van der Waals surface area contributed by atoms with E-state index in [0.717, 1.165) is 5.56 Å². The van der Waals surface area contributed by atoms with Gasteiger partial charge in [0.15, 0.2) is 0 Å². The highest BCUT2D eigenvalue weighted by Crippen LogP contribution is 2.28. The van der Waals surface area contributed by atoms with Crippen LogP contribution in [-0.4, -0.2) is 49.6 Å². The number of carbonyl (C=O) groups is 1. The minimum Gasteiger partial charge on any atom is -0.480 e. The van der Waals surface area contributed by atoms with Crippen molar-refractivity contribution in [3.05, 3.63) is 29.8 Å². The van der Waals surface area contributed by atoms with E-state index in [-0.39, 0.29) is 28.9 Å². The lowest BCUT2D eigenvalue weighted by Crippen LogP contribution is -2.54. The Labute approximate surface area is 150 Å². The van der Waals surface area contributed by atoms with Crippen molar-refractivity contribution in [1.82, 2.24) is 9.62 Å². The van der Waals surface area contributed by atoms with Gasteiger partial charge in [-0.05, 0) is 42.5 Å². The highest BCUT2D eigenvalue weighted by molar-refractivity contribution is 7.89. The van der Waals surface area contributed by atoms with Crippen molar-refractivity contribution >= 4 is 16.0 Å². The van der Waals surface area contributed by atoms with Crippen LogP contribution in [-0.2, 0) is 20.2 Å². The second-order valence-electron chi connectivity index (χ2n) is 7.67. The summed E-state index contributed by atoms with van der Waals surface area (Å²) in [4.78, 5) is 13.0. The summed E-state index contributed by atoms with van der Waals surface area (Å²) >= 11 is 0. The lowest BCUT2D eigenvalue weighted by Gasteiger charge is -2.42. The van der Waals surface area contributed by atoms with Crippen LogP contribution in [0.15, 0.2) is 29.2 Å². The normalized spacial score (nSPS) is 21.2. The van der Waals surface area contributed by atoms with Gasteiger partial charge in [0.2, 0.25) is 10.0 Å². The monoisotopic (exact) mass is 368 g/mol. The zero-order valence-corrected chi connectivity index (χ0v) is 16.1. The van der Waals surface area contributed by atoms with Gasteiger partial charge in [-0.1, -0.05) is 39.8 Å². The third kappa shape index (κ3) is 5.03. The number of sulfonamides is 1. The van der Waals surface area contributed by atoms with E-state index in [0.29, 0.717) is 19.4 Å². The minimum atomic E-state index is -3.55. The molecule has 0 radical (unpaired) electrons. The quantitative estimate of drug-likeness (QED) is 0.770. The first-order valence-corrected chi connectivity index (χ1v) is 10.1. The number of hydrogen-bond acceptors (Lipinski definition) is 4. The zero-order valence-electron chi connectivity index (χ0n) is 15.3. The van der Waals surface area contributed by atoms with Gasteiger partial charge in [-0.25, -0.2) is 13.1 Å². The van der Waals surface area contributed by atoms with Crippen LogP contribution in [0.2, 0.25) is 0 Å². The summed E-state index contributed by atoms with van der Waals surface area (Å²) < 4.78 is 27.7. The molecule has 2 N–H and O–H groups in total. The first-order valence-electron chi connectivity index (χ1n) is 8.61. The zero-order chi connectivity index (χ0) is 18.8. The molecule has 0 atom stereocenters. The molecule has 0 bridgehead atoms. The minimum absolute atomic E-state index is 0.00506. The summed E-state index contributed by atoms with van der Waals surface area (Å²) in [7, 11) is -3.55. The molecule has 0 heterocycles. The van der Waals surface area contributed by atoms with Crippen LogP contribution in [0, 0.1) is 0 Å². The molecule has 7 heteroatoms. The van der Waals surface area contributed by atoms with Crippen molar-refractivity contribution in [2.45, 2.75) is 62.9 Å². The summed E-state index contributed by atoms with van der Waals surface area (Å²) in [6.07, 6.45) is 1.28. The van der Waals surface area contributed by atoms with Crippen LogP contribution >= 0.6 is 0 Å². The van der Waals surface area contributed by atoms with Crippen molar-refractivity contribution in [1.29, 1.82) is 0 Å². The largest absolute Gasteiger partial charge is 0.480 e. The van der Waals surface area contributed by atoms with Crippen molar-refractivity contribution in [3.8, 4) is 0 Å². The second kappa shape index (κ2) is 7.43. The highest BCUT2D eigenvalue weighted by Gasteiger charge is 2.36. The molecular weight excluding hydrogens is 340 g/mol. The number of hydrogen-bond donors (Lipinski definition) is 2. The van der Waals surface area contributed by atoms with E-state index < -0.39 is 16.0 Å². The van der Waals surface area contributed by atoms with Gasteiger partial charge in [0, 0.05) is 12.1 Å². The second-order valence-corrected chi connectivity index (χ2v) is 9.39. The molecule has 0 unspecified atom stereocenters. The smallest absolute Gasteiger partial charge is 0.317 e. The summed E-state index contributed by atoms with van der Waals surface area (Å²) in [5.41, 5.74) is 1.06. The number of carboxylic acids is 1. The van der Waals surface area contributed by atoms with Gasteiger partial charge in [-0.2, -0.15) is 0 Å². The average Bonchev–Trinajstić information content (AvgIpc) is 2.47. The number of nitrogens with zero attached hydrogens (tertiary/aromatic N) is 1. The predicted octanol–water partition coefficient (Wildman–Crippen LogP) is 2.20. The summed E-state index contributed by atoms with van der Waals surface area (Å²) in [6, 6.07) is 6.97. The Hall–Kier alpha value is -1.44. The van der Waals surface area contributed by atoms with Gasteiger partial charge < -0.3 is 5.11 Å². The molecule has 2 rings (SSSR count). The maximum Gasteiger partial charge on any atom is 0.317 e. The molecule has 1 aromatic carbocycles. The molecule has 1 aromatic rings. The molecule has 140 valence electrons. The lowest BCUT2D eigenvalue weighted by molar-refractivity contribution is -0.139. The van der Waals surface area contributed by atoms with E-state index in [1.807, 2.05) is 24.0 Å². The van der Waals surface area contributed by atoms with Crippen molar-refractivity contribution in [3.63, 3.8) is 0 Å². The number of carboxylic acid groups (broad SMARTS) is 1. The maximum atomic E-state index is 12.5. The van der Waals surface area contributed by atoms with Crippen molar-refractivity contribution in [2.24, 2.45) is 0 Å². The molecule has 1 aliphatic rings. The molecule has 0 aromatic heterocycles. The maximum absolute atomic E-state index is 12.5. The van der Waals surface area contributed by atoms with Crippen LogP contribution in [0.4, 0.5) is 0 Å². The van der Waals surface area contributed by atoms with Gasteiger partial charge in [0.1, 0.15) is 0 Å². The topological polar surface area (TPSA) is 86.7 Å². The molecule has 0 amide bonds. The molecule has 0 saturated heterocycles. The third-order valence-electron chi connectivity index (χ3n) is 4.73. The molecule has 25 heavy (non-hydrogen) atoms. The molecular formula is C18H28N2O4S. The van der Waals surface area contributed by atoms with E-state index in [1.54, 1.807) is 12.1 Å². The molecule has 0 spiro atoms. The number of rotatable bonds is 7. The first-order chi connectivity index (χ1) is 11.5. The van der Waals surface area contributed by atoms with E-state index >= 15 is 0 Å². The van der Waals surface area contributed by atoms with Gasteiger partial charge in [-0.15, -0.1) is 0 Å². The van der Waals surface area contributed by atoms with E-state index in [4.69, 9.17) is 5.11 Å². The van der Waals surface area contributed by atoms with Crippen LogP contribution in [0.25, 0.3) is 0 Å². The third-order valence-corrected chi connectivity index (χ3v) is 6.26. The Morgan fingerprint density at radius 2 is 1.80 bits per heavy atom. The SMILES string of the molecule is CCN(CC(=O)O)C1CC(NS(=O)(=O)c2ccc(C(C)(C)C)cc2)C1. The fourth-order valence-electron chi connectivity index (χ4n) is 3.08. The Balaban J connectivity index is 1.96. The van der Waals surface area contributed by atoms with Crippen LogP contribution in [0.3, 0.4) is 0 Å². The number of likely N-dealkylation sites (N-methyl/N-ethyl adjacent to an activating group) is 1. The van der Waals surface area contributed by atoms with E-state index in [9.17, 15) is 13.2 Å². The summed E-state index contributed by atoms with van der Waals surface area (Å²) in [6.45, 7) is 8.80. The van der Waals surface area contributed by atoms with Crippen LogP contribution in [0.5, 0.6) is 0 Å². The van der Waals surface area contributed by atoms with E-state index in [2.05, 4.69) is 25.5 Å². The Bertz CT molecular complexity index is 702. The Morgan fingerprint density at radius 3 is 2.24 bits per heavy atom. The molecule has 1 aliphatic carbocycles. The Morgan fingerprint density at radius 1 is 1.24 bits per heavy atom. The lowest BCUT2D eigenvalue weighted by atomic mass is 9.86. The van der Waals surface area contributed by atoms with Gasteiger partial charge >= 0.3 is 5.97 Å². The standard InChI is InChI=1S/C18H28N2O4S/c1-5-20(12-17(21)22)15-10-14(11-15)19-25(23,24)16-8-6-13(7-9-16)18(2,3)4/h6-9,14-15,19H,5,10-12H2,1-4H3,(H,21,22). The first kappa shape index (κ1) is 19.9. The van der Waals surface area contributed by atoms with Gasteiger partial charge in [0.25, 0.3) is 0 Å². The fraction of sp³-hybridized carbons (Fsp3) is 0.611. The summed E-state index contributed by atoms with van der Waals surface area (Å²) in [5, 5.41) is 8.91. The average molecular weight is 368 g/mol. The van der Waals surface area contributed by atoms with Crippen molar-refractivity contribution in [2.75, 3.05) is 13.1 Å².